The third-order valence-electron chi connectivity index (χ3n) is 7.27. The molecule has 38 heavy (non-hydrogen) atoms. The van der Waals surface area contributed by atoms with Crippen LogP contribution in [0.5, 0.6) is 0 Å². The fraction of sp³-hybridized carbons (Fsp3) is 0.300. The first kappa shape index (κ1) is 25.6. The Bertz CT molecular complexity index is 1550. The fourth-order valence-electron chi connectivity index (χ4n) is 5.37. The predicted molar refractivity (Wildman–Crippen MR) is 143 cm³/mol. The summed E-state index contributed by atoms with van der Waals surface area (Å²) in [4.78, 5) is 27.0. The van der Waals surface area contributed by atoms with Crippen LogP contribution in [-0.2, 0) is 27.9 Å². The standard InChI is InChI=1S/C30H29F2N3O3/c1-34-29-23(17-33-34)15-21-9-6-10-22(27(21)28(29)32)18-35(30(37)20-7-4-3-5-8-20)25-14-19(13-24(31)16-25)11-12-26(36)38-2/h6,9-17,20H,3-5,7-8,18H2,1-2H3. The lowest BCUT2D eigenvalue weighted by atomic mass is 9.88. The highest BCUT2D eigenvalue weighted by molar-refractivity contribution is 6.00. The maximum absolute atomic E-state index is 15.9. The molecule has 6 nitrogen and oxygen atoms in total. The van der Waals surface area contributed by atoms with E-state index in [1.54, 1.807) is 30.3 Å². The number of aryl methyl sites for hydroxylation is 1. The van der Waals surface area contributed by atoms with Gasteiger partial charge in [-0.15, -0.1) is 0 Å². The summed E-state index contributed by atoms with van der Waals surface area (Å²) in [6, 6.07) is 11.6. The zero-order valence-corrected chi connectivity index (χ0v) is 21.4. The zero-order valence-electron chi connectivity index (χ0n) is 21.4. The van der Waals surface area contributed by atoms with E-state index in [9.17, 15) is 14.0 Å². The maximum Gasteiger partial charge on any atom is 0.330 e. The van der Waals surface area contributed by atoms with Crippen LogP contribution in [0.25, 0.3) is 27.8 Å². The topological polar surface area (TPSA) is 64.4 Å². The Labute approximate surface area is 219 Å². The van der Waals surface area contributed by atoms with Crippen molar-refractivity contribution in [3.8, 4) is 0 Å². The normalized spacial score (nSPS) is 14.4. The van der Waals surface area contributed by atoms with Gasteiger partial charge in [0, 0.05) is 35.5 Å². The highest BCUT2D eigenvalue weighted by atomic mass is 19.1. The quantitative estimate of drug-likeness (QED) is 0.222. The van der Waals surface area contributed by atoms with Crippen LogP contribution < -0.4 is 4.90 Å². The van der Waals surface area contributed by atoms with Gasteiger partial charge in [0.15, 0.2) is 5.82 Å². The van der Waals surface area contributed by atoms with Crippen LogP contribution in [0, 0.1) is 17.6 Å². The van der Waals surface area contributed by atoms with E-state index in [4.69, 9.17) is 0 Å². The molecule has 0 saturated heterocycles. The molecule has 196 valence electrons. The average molecular weight is 518 g/mol. The Balaban J connectivity index is 1.62. The number of esters is 1. The van der Waals surface area contributed by atoms with E-state index in [2.05, 4.69) is 9.84 Å². The number of hydrogen-bond acceptors (Lipinski definition) is 4. The number of amides is 1. The number of aromatic nitrogens is 2. The zero-order chi connectivity index (χ0) is 26.8. The molecule has 1 heterocycles. The summed E-state index contributed by atoms with van der Waals surface area (Å²) in [5.41, 5.74) is 1.76. The lowest BCUT2D eigenvalue weighted by Gasteiger charge is -2.30. The van der Waals surface area contributed by atoms with E-state index < -0.39 is 17.6 Å². The number of carbonyl (C=O) groups is 2. The minimum atomic E-state index is -0.571. The summed E-state index contributed by atoms with van der Waals surface area (Å²) < 4.78 is 36.8. The van der Waals surface area contributed by atoms with Crippen molar-refractivity contribution in [3.63, 3.8) is 0 Å². The molecular weight excluding hydrogens is 488 g/mol. The minimum absolute atomic E-state index is 0.0660. The average Bonchev–Trinajstić information content (AvgIpc) is 3.30. The van der Waals surface area contributed by atoms with Crippen LogP contribution in [0.4, 0.5) is 14.5 Å². The van der Waals surface area contributed by atoms with Crippen molar-refractivity contribution in [1.82, 2.24) is 9.78 Å². The van der Waals surface area contributed by atoms with Crippen molar-refractivity contribution in [2.24, 2.45) is 13.0 Å². The van der Waals surface area contributed by atoms with Crippen molar-refractivity contribution in [1.29, 1.82) is 0 Å². The number of nitrogens with zero attached hydrogens (tertiary/aromatic N) is 3. The summed E-state index contributed by atoms with van der Waals surface area (Å²) in [5.74, 6) is -1.83. The molecule has 0 spiro atoms. The molecule has 0 radical (unpaired) electrons. The molecule has 1 amide bonds. The summed E-state index contributed by atoms with van der Waals surface area (Å²) in [6.45, 7) is 0.0660. The molecule has 0 aliphatic heterocycles. The molecule has 0 N–H and O–H groups in total. The van der Waals surface area contributed by atoms with Crippen LogP contribution in [0.1, 0.15) is 43.2 Å². The number of benzene rings is 3. The first-order valence-electron chi connectivity index (χ1n) is 12.8. The largest absolute Gasteiger partial charge is 0.466 e. The summed E-state index contributed by atoms with van der Waals surface area (Å²) >= 11 is 0. The van der Waals surface area contributed by atoms with E-state index in [0.29, 0.717) is 38.5 Å². The van der Waals surface area contributed by atoms with Gasteiger partial charge in [-0.05, 0) is 59.7 Å². The summed E-state index contributed by atoms with van der Waals surface area (Å²) in [5, 5.41) is 6.00. The monoisotopic (exact) mass is 517 g/mol. The molecule has 4 aromatic rings. The van der Waals surface area contributed by atoms with E-state index >= 15 is 4.39 Å². The third kappa shape index (κ3) is 5.03. The van der Waals surface area contributed by atoms with E-state index in [1.807, 2.05) is 18.2 Å². The van der Waals surface area contributed by atoms with Crippen molar-refractivity contribution < 1.29 is 23.1 Å². The number of halogens is 2. The van der Waals surface area contributed by atoms with Gasteiger partial charge in [-0.25, -0.2) is 13.6 Å². The Morgan fingerprint density at radius 3 is 2.66 bits per heavy atom. The Kier molecular flexibility index (Phi) is 7.22. The summed E-state index contributed by atoms with van der Waals surface area (Å²) in [6.07, 6.45) is 8.80. The van der Waals surface area contributed by atoms with Gasteiger partial charge in [-0.2, -0.15) is 5.10 Å². The highest BCUT2D eigenvalue weighted by Gasteiger charge is 2.28. The first-order chi connectivity index (χ1) is 18.4. The van der Waals surface area contributed by atoms with E-state index in [1.165, 1.54) is 36.1 Å². The number of hydrogen-bond donors (Lipinski definition) is 0. The second-order valence-electron chi connectivity index (χ2n) is 9.77. The van der Waals surface area contributed by atoms with Gasteiger partial charge in [-0.3, -0.25) is 9.48 Å². The number of methoxy groups -OCH3 is 1. The van der Waals surface area contributed by atoms with Crippen molar-refractivity contribution in [2.45, 2.75) is 38.6 Å². The molecule has 5 rings (SSSR count). The van der Waals surface area contributed by atoms with E-state index in [-0.39, 0.29) is 18.4 Å². The molecule has 1 aromatic heterocycles. The predicted octanol–water partition coefficient (Wildman–Crippen LogP) is 6.30. The van der Waals surface area contributed by atoms with Gasteiger partial charge < -0.3 is 9.64 Å². The van der Waals surface area contributed by atoms with E-state index in [0.717, 1.165) is 32.1 Å². The smallest absolute Gasteiger partial charge is 0.330 e. The van der Waals surface area contributed by atoms with Crippen LogP contribution in [0.3, 0.4) is 0 Å². The molecule has 1 aliphatic rings. The molecular formula is C30H29F2N3O3. The third-order valence-corrected chi connectivity index (χ3v) is 7.27. The summed E-state index contributed by atoms with van der Waals surface area (Å²) in [7, 11) is 2.95. The minimum Gasteiger partial charge on any atom is -0.466 e. The lowest BCUT2D eigenvalue weighted by molar-refractivity contribution is -0.134. The number of rotatable bonds is 6. The van der Waals surface area contributed by atoms with Crippen LogP contribution >= 0.6 is 0 Å². The molecule has 1 aliphatic carbocycles. The number of ether oxygens (including phenoxy) is 1. The van der Waals surface area contributed by atoms with Gasteiger partial charge in [-0.1, -0.05) is 37.5 Å². The van der Waals surface area contributed by atoms with Crippen molar-refractivity contribution >= 4 is 45.3 Å². The number of anilines is 1. The van der Waals surface area contributed by atoms with Gasteiger partial charge in [0.05, 0.1) is 19.9 Å². The molecule has 1 fully saturated rings. The van der Waals surface area contributed by atoms with Gasteiger partial charge in [0.1, 0.15) is 11.3 Å². The highest BCUT2D eigenvalue weighted by Crippen LogP contribution is 2.33. The number of carbonyl (C=O) groups excluding carboxylic acids is 2. The number of fused-ring (bicyclic) bond motifs is 2. The first-order valence-corrected chi connectivity index (χ1v) is 12.8. The molecule has 3 aromatic carbocycles. The Morgan fingerprint density at radius 2 is 1.89 bits per heavy atom. The van der Waals surface area contributed by atoms with Gasteiger partial charge in [0.25, 0.3) is 0 Å². The van der Waals surface area contributed by atoms with Crippen LogP contribution in [-0.4, -0.2) is 28.8 Å². The Morgan fingerprint density at radius 1 is 1.11 bits per heavy atom. The molecule has 0 bridgehead atoms. The Hall–Kier alpha value is -4.07. The molecule has 1 saturated carbocycles. The molecule has 8 heteroatoms. The molecule has 0 unspecified atom stereocenters. The van der Waals surface area contributed by atoms with Crippen molar-refractivity contribution in [3.05, 3.63) is 77.5 Å². The van der Waals surface area contributed by atoms with Crippen LogP contribution in [0.15, 0.2) is 54.7 Å². The fourth-order valence-corrected chi connectivity index (χ4v) is 5.37. The van der Waals surface area contributed by atoms with Gasteiger partial charge >= 0.3 is 5.97 Å². The second-order valence-corrected chi connectivity index (χ2v) is 9.77. The lowest BCUT2D eigenvalue weighted by Crippen LogP contribution is -2.37. The SMILES string of the molecule is COC(=O)C=Cc1cc(F)cc(N(Cc2cccc3cc4cnn(C)c4c(F)c23)C(=O)C2CCCCC2)c1. The second kappa shape index (κ2) is 10.7. The maximum atomic E-state index is 15.9. The van der Waals surface area contributed by atoms with Crippen molar-refractivity contribution in [2.75, 3.05) is 12.0 Å². The molecule has 0 atom stereocenters. The van der Waals surface area contributed by atoms with Crippen LogP contribution in [0.2, 0.25) is 0 Å². The van der Waals surface area contributed by atoms with Gasteiger partial charge in [0.2, 0.25) is 5.91 Å².